The van der Waals surface area contributed by atoms with Crippen LogP contribution in [0.15, 0.2) is 42.7 Å². The summed E-state index contributed by atoms with van der Waals surface area (Å²) in [5.41, 5.74) is 2.22. The Labute approximate surface area is 117 Å². The fraction of sp³-hybridized carbons (Fsp3) is 0.214. The molecule has 0 aliphatic rings. The molecule has 0 bridgehead atoms. The minimum absolute atomic E-state index is 0.730. The molecule has 1 N–H and O–H groups in total. The summed E-state index contributed by atoms with van der Waals surface area (Å²) < 4.78 is 0. The molecule has 0 spiro atoms. The van der Waals surface area contributed by atoms with Crippen molar-refractivity contribution in [2.75, 3.05) is 6.54 Å². The van der Waals surface area contributed by atoms with E-state index < -0.39 is 0 Å². The van der Waals surface area contributed by atoms with Gasteiger partial charge in [-0.15, -0.1) is 0 Å². The van der Waals surface area contributed by atoms with Crippen molar-refractivity contribution < 1.29 is 0 Å². The van der Waals surface area contributed by atoms with Gasteiger partial charge in [0, 0.05) is 29.0 Å². The first-order valence-corrected chi connectivity index (χ1v) is 6.55. The molecule has 4 heteroatoms. The van der Waals surface area contributed by atoms with Crippen molar-refractivity contribution in [3.05, 3.63) is 63.9 Å². The molecule has 0 radical (unpaired) electrons. The maximum absolute atomic E-state index is 6.10. The molecule has 1 aromatic heterocycles. The van der Waals surface area contributed by atoms with Gasteiger partial charge in [0.1, 0.15) is 0 Å². The van der Waals surface area contributed by atoms with Crippen LogP contribution in [0.4, 0.5) is 0 Å². The molecule has 0 amide bonds. The highest BCUT2D eigenvalue weighted by atomic mass is 35.5. The highest BCUT2D eigenvalue weighted by molar-refractivity contribution is 6.35. The van der Waals surface area contributed by atoms with Crippen LogP contribution in [0.3, 0.4) is 0 Å². The highest BCUT2D eigenvalue weighted by Crippen LogP contribution is 2.24. The zero-order chi connectivity index (χ0) is 12.8. The number of nitrogens with one attached hydrogen (secondary N) is 1. The topological polar surface area (TPSA) is 24.9 Å². The van der Waals surface area contributed by atoms with E-state index in [2.05, 4.69) is 10.3 Å². The van der Waals surface area contributed by atoms with Crippen molar-refractivity contribution >= 4 is 23.2 Å². The molecule has 18 heavy (non-hydrogen) atoms. The molecule has 2 aromatic rings. The molecule has 0 aliphatic carbocycles. The first-order valence-electron chi connectivity index (χ1n) is 5.80. The van der Waals surface area contributed by atoms with Crippen LogP contribution in [0.2, 0.25) is 10.0 Å². The van der Waals surface area contributed by atoms with Gasteiger partial charge in [0.05, 0.1) is 0 Å². The number of nitrogens with zero attached hydrogens (tertiary/aromatic N) is 1. The molecule has 0 saturated heterocycles. The second kappa shape index (κ2) is 6.74. The Hall–Kier alpha value is -1.09. The van der Waals surface area contributed by atoms with Crippen LogP contribution in [0.5, 0.6) is 0 Å². The number of benzene rings is 1. The summed E-state index contributed by atoms with van der Waals surface area (Å²) in [5.74, 6) is 0. The summed E-state index contributed by atoms with van der Waals surface area (Å²) in [7, 11) is 0. The molecule has 0 saturated carbocycles. The third kappa shape index (κ3) is 3.70. The molecule has 0 atom stereocenters. The van der Waals surface area contributed by atoms with E-state index >= 15 is 0 Å². The van der Waals surface area contributed by atoms with E-state index in [4.69, 9.17) is 23.2 Å². The first-order chi connectivity index (χ1) is 8.77. The molecular formula is C14H14Cl2N2. The van der Waals surface area contributed by atoms with E-state index in [1.807, 2.05) is 30.3 Å². The smallest absolute Gasteiger partial charge is 0.0453 e. The lowest BCUT2D eigenvalue weighted by atomic mass is 10.1. The summed E-state index contributed by atoms with van der Waals surface area (Å²) in [5, 5.41) is 4.82. The normalized spacial score (nSPS) is 10.6. The number of hydrogen-bond acceptors (Lipinski definition) is 2. The van der Waals surface area contributed by atoms with Gasteiger partial charge in [0.15, 0.2) is 0 Å². The largest absolute Gasteiger partial charge is 0.312 e. The highest BCUT2D eigenvalue weighted by Gasteiger charge is 2.04. The fourth-order valence-corrected chi connectivity index (χ4v) is 2.30. The van der Waals surface area contributed by atoms with Gasteiger partial charge >= 0.3 is 0 Å². The second-order valence-corrected chi connectivity index (χ2v) is 4.80. The summed E-state index contributed by atoms with van der Waals surface area (Å²) in [6.07, 6.45) is 4.41. The predicted molar refractivity (Wildman–Crippen MR) is 76.1 cm³/mol. The molecule has 94 valence electrons. The van der Waals surface area contributed by atoms with Gasteiger partial charge in [-0.1, -0.05) is 29.3 Å². The van der Waals surface area contributed by atoms with Gasteiger partial charge in [-0.3, -0.25) is 4.98 Å². The van der Waals surface area contributed by atoms with E-state index in [0.717, 1.165) is 35.1 Å². The Morgan fingerprint density at radius 2 is 1.67 bits per heavy atom. The molecular weight excluding hydrogens is 267 g/mol. The standard InChI is InChI=1S/C14H14Cl2N2/c15-13-2-1-3-14(16)12(13)6-9-18-10-11-4-7-17-8-5-11/h1-5,7-8,18H,6,9-10H2. The van der Waals surface area contributed by atoms with Crippen molar-refractivity contribution in [1.82, 2.24) is 10.3 Å². The molecule has 0 unspecified atom stereocenters. The Balaban J connectivity index is 1.82. The van der Waals surface area contributed by atoms with Crippen LogP contribution in [0.25, 0.3) is 0 Å². The maximum Gasteiger partial charge on any atom is 0.0453 e. The van der Waals surface area contributed by atoms with Crippen LogP contribution >= 0.6 is 23.2 Å². The maximum atomic E-state index is 6.10. The fourth-order valence-electron chi connectivity index (χ4n) is 1.72. The summed E-state index contributed by atoms with van der Waals surface area (Å²) in [6.45, 7) is 1.66. The van der Waals surface area contributed by atoms with Gasteiger partial charge in [0.2, 0.25) is 0 Å². The average molecular weight is 281 g/mol. The summed E-state index contributed by atoms with van der Waals surface area (Å²) in [6, 6.07) is 9.58. The zero-order valence-corrected chi connectivity index (χ0v) is 11.4. The second-order valence-electron chi connectivity index (χ2n) is 3.98. The van der Waals surface area contributed by atoms with Crippen molar-refractivity contribution in [3.8, 4) is 0 Å². The predicted octanol–water partition coefficient (Wildman–Crippen LogP) is 3.72. The van der Waals surface area contributed by atoms with Crippen LogP contribution in [-0.2, 0) is 13.0 Å². The number of halogens is 2. The number of hydrogen-bond donors (Lipinski definition) is 1. The average Bonchev–Trinajstić information content (AvgIpc) is 2.38. The monoisotopic (exact) mass is 280 g/mol. The first kappa shape index (κ1) is 13.3. The summed E-state index contributed by atoms with van der Waals surface area (Å²) >= 11 is 12.2. The number of pyridine rings is 1. The van der Waals surface area contributed by atoms with Crippen molar-refractivity contribution in [2.24, 2.45) is 0 Å². The van der Waals surface area contributed by atoms with E-state index in [0.29, 0.717) is 0 Å². The molecule has 1 aromatic carbocycles. The van der Waals surface area contributed by atoms with Crippen molar-refractivity contribution in [1.29, 1.82) is 0 Å². The van der Waals surface area contributed by atoms with E-state index in [-0.39, 0.29) is 0 Å². The zero-order valence-electron chi connectivity index (χ0n) is 9.87. The lowest BCUT2D eigenvalue weighted by Gasteiger charge is -2.08. The molecule has 0 aliphatic heterocycles. The van der Waals surface area contributed by atoms with Crippen LogP contribution in [0.1, 0.15) is 11.1 Å². The Morgan fingerprint density at radius 1 is 1.00 bits per heavy atom. The van der Waals surface area contributed by atoms with Gasteiger partial charge in [-0.25, -0.2) is 0 Å². The van der Waals surface area contributed by atoms with Crippen LogP contribution < -0.4 is 5.32 Å². The summed E-state index contributed by atoms with van der Waals surface area (Å²) in [4.78, 5) is 3.98. The minimum atomic E-state index is 0.730. The van der Waals surface area contributed by atoms with E-state index in [1.54, 1.807) is 12.4 Å². The van der Waals surface area contributed by atoms with Crippen molar-refractivity contribution in [3.63, 3.8) is 0 Å². The Morgan fingerprint density at radius 3 is 2.33 bits per heavy atom. The Kier molecular flexibility index (Phi) is 5.00. The van der Waals surface area contributed by atoms with Gasteiger partial charge in [-0.05, 0) is 48.4 Å². The third-order valence-corrected chi connectivity index (χ3v) is 3.40. The van der Waals surface area contributed by atoms with Crippen LogP contribution in [0, 0.1) is 0 Å². The van der Waals surface area contributed by atoms with Gasteiger partial charge < -0.3 is 5.32 Å². The van der Waals surface area contributed by atoms with Gasteiger partial charge in [-0.2, -0.15) is 0 Å². The van der Waals surface area contributed by atoms with E-state index in [9.17, 15) is 0 Å². The lowest BCUT2D eigenvalue weighted by Crippen LogP contribution is -2.16. The lowest BCUT2D eigenvalue weighted by molar-refractivity contribution is 0.686. The quantitative estimate of drug-likeness (QED) is 0.845. The Bertz CT molecular complexity index is 480. The molecule has 2 rings (SSSR count). The van der Waals surface area contributed by atoms with Crippen molar-refractivity contribution in [2.45, 2.75) is 13.0 Å². The van der Waals surface area contributed by atoms with Crippen LogP contribution in [-0.4, -0.2) is 11.5 Å². The molecule has 1 heterocycles. The van der Waals surface area contributed by atoms with E-state index in [1.165, 1.54) is 5.56 Å². The van der Waals surface area contributed by atoms with Gasteiger partial charge in [0.25, 0.3) is 0 Å². The SMILES string of the molecule is Clc1cccc(Cl)c1CCNCc1ccncc1. The third-order valence-electron chi connectivity index (χ3n) is 2.69. The number of aromatic nitrogens is 1. The molecule has 2 nitrogen and oxygen atoms in total. The number of rotatable bonds is 5. The minimum Gasteiger partial charge on any atom is -0.312 e. The molecule has 0 fully saturated rings.